The van der Waals surface area contributed by atoms with Crippen molar-refractivity contribution >= 4 is 34.8 Å². The third kappa shape index (κ3) is 3.93. The lowest BCUT2D eigenvalue weighted by molar-refractivity contribution is 0.0296. The third-order valence-electron chi connectivity index (χ3n) is 3.66. The average Bonchev–Trinajstić information content (AvgIpc) is 2.46. The molecule has 1 aliphatic heterocycles. The number of hydrogen-bond donors (Lipinski definition) is 1. The standard InChI is InChI=1S/C15H23Cl2N3O/c1-4-6-18-14-12(16)7-13(17)15(19-14)20-8-10(3)21-9-11(20)5-2/h7,10-11H,4-6,8-9H2,1-3H3,(H,18,19). The van der Waals surface area contributed by atoms with Gasteiger partial charge in [0, 0.05) is 13.1 Å². The van der Waals surface area contributed by atoms with Gasteiger partial charge in [0.05, 0.1) is 28.8 Å². The highest BCUT2D eigenvalue weighted by molar-refractivity contribution is 6.37. The van der Waals surface area contributed by atoms with Crippen molar-refractivity contribution in [1.29, 1.82) is 0 Å². The van der Waals surface area contributed by atoms with Gasteiger partial charge in [-0.15, -0.1) is 0 Å². The van der Waals surface area contributed by atoms with Crippen molar-refractivity contribution < 1.29 is 4.74 Å². The normalized spacial score (nSPS) is 22.4. The van der Waals surface area contributed by atoms with Crippen LogP contribution in [0.2, 0.25) is 10.0 Å². The van der Waals surface area contributed by atoms with Crippen LogP contribution in [-0.2, 0) is 4.74 Å². The van der Waals surface area contributed by atoms with Gasteiger partial charge in [-0.1, -0.05) is 37.0 Å². The fourth-order valence-electron chi connectivity index (χ4n) is 2.47. The van der Waals surface area contributed by atoms with E-state index < -0.39 is 0 Å². The van der Waals surface area contributed by atoms with Gasteiger partial charge in [-0.2, -0.15) is 0 Å². The second-order valence-corrected chi connectivity index (χ2v) is 6.22. The minimum Gasteiger partial charge on any atom is -0.375 e. The Bertz CT molecular complexity index is 484. The number of ether oxygens (including phenoxy) is 1. The van der Waals surface area contributed by atoms with Crippen molar-refractivity contribution in [1.82, 2.24) is 4.98 Å². The van der Waals surface area contributed by atoms with Crippen LogP contribution in [-0.4, -0.2) is 36.8 Å². The molecule has 21 heavy (non-hydrogen) atoms. The number of nitrogens with zero attached hydrogens (tertiary/aromatic N) is 2. The number of nitrogens with one attached hydrogen (secondary N) is 1. The van der Waals surface area contributed by atoms with Crippen LogP contribution in [0.1, 0.15) is 33.6 Å². The van der Waals surface area contributed by atoms with Gasteiger partial charge in [0.1, 0.15) is 11.6 Å². The molecule has 2 atom stereocenters. The van der Waals surface area contributed by atoms with Crippen molar-refractivity contribution in [2.45, 2.75) is 45.8 Å². The lowest BCUT2D eigenvalue weighted by atomic mass is 10.1. The van der Waals surface area contributed by atoms with E-state index in [1.165, 1.54) is 0 Å². The smallest absolute Gasteiger partial charge is 0.150 e. The maximum atomic E-state index is 6.38. The number of hydrogen-bond acceptors (Lipinski definition) is 4. The minimum atomic E-state index is 0.174. The summed E-state index contributed by atoms with van der Waals surface area (Å²) < 4.78 is 5.74. The van der Waals surface area contributed by atoms with Crippen LogP contribution < -0.4 is 10.2 Å². The number of anilines is 2. The Morgan fingerprint density at radius 2 is 2.14 bits per heavy atom. The molecule has 1 N–H and O–H groups in total. The van der Waals surface area contributed by atoms with Gasteiger partial charge in [-0.3, -0.25) is 0 Å². The molecule has 0 aliphatic carbocycles. The molecule has 0 radical (unpaired) electrons. The molecule has 0 spiro atoms. The summed E-state index contributed by atoms with van der Waals surface area (Å²) in [5.41, 5.74) is 0. The van der Waals surface area contributed by atoms with Crippen molar-refractivity contribution in [3.8, 4) is 0 Å². The first-order valence-electron chi connectivity index (χ1n) is 7.54. The molecule has 1 saturated heterocycles. The zero-order valence-corrected chi connectivity index (χ0v) is 14.3. The molecule has 1 fully saturated rings. The second-order valence-electron chi connectivity index (χ2n) is 5.41. The van der Waals surface area contributed by atoms with E-state index >= 15 is 0 Å². The van der Waals surface area contributed by atoms with Gasteiger partial charge in [0.15, 0.2) is 0 Å². The van der Waals surface area contributed by atoms with Crippen LogP contribution >= 0.6 is 23.2 Å². The number of aromatic nitrogens is 1. The van der Waals surface area contributed by atoms with E-state index in [1.807, 2.05) is 0 Å². The highest BCUT2D eigenvalue weighted by atomic mass is 35.5. The zero-order valence-electron chi connectivity index (χ0n) is 12.8. The maximum absolute atomic E-state index is 6.38. The molecule has 118 valence electrons. The number of halogens is 2. The zero-order chi connectivity index (χ0) is 15.4. The first-order chi connectivity index (χ1) is 10.1. The van der Waals surface area contributed by atoms with Crippen LogP contribution in [0.3, 0.4) is 0 Å². The van der Waals surface area contributed by atoms with E-state index in [0.717, 1.165) is 31.7 Å². The summed E-state index contributed by atoms with van der Waals surface area (Å²) >= 11 is 12.6. The molecule has 0 amide bonds. The third-order valence-corrected chi connectivity index (χ3v) is 4.23. The van der Waals surface area contributed by atoms with Gasteiger partial charge in [0.2, 0.25) is 0 Å². The van der Waals surface area contributed by atoms with Crippen molar-refractivity contribution in [2.24, 2.45) is 0 Å². The van der Waals surface area contributed by atoms with E-state index in [9.17, 15) is 0 Å². The van der Waals surface area contributed by atoms with E-state index in [4.69, 9.17) is 27.9 Å². The lowest BCUT2D eigenvalue weighted by Crippen LogP contribution is -2.49. The molecule has 1 aromatic rings. The summed E-state index contributed by atoms with van der Waals surface area (Å²) in [6, 6.07) is 2.07. The summed E-state index contributed by atoms with van der Waals surface area (Å²) in [6.45, 7) is 8.66. The Balaban J connectivity index is 2.31. The van der Waals surface area contributed by atoms with E-state index in [0.29, 0.717) is 28.5 Å². The largest absolute Gasteiger partial charge is 0.375 e. The Morgan fingerprint density at radius 3 is 2.81 bits per heavy atom. The predicted molar refractivity (Wildman–Crippen MR) is 89.9 cm³/mol. The van der Waals surface area contributed by atoms with Gasteiger partial charge in [0.25, 0.3) is 0 Å². The molecule has 2 rings (SSSR count). The lowest BCUT2D eigenvalue weighted by Gasteiger charge is -2.39. The highest BCUT2D eigenvalue weighted by Crippen LogP contribution is 2.34. The Labute approximate surface area is 136 Å². The Kier molecular flexibility index (Phi) is 5.97. The second kappa shape index (κ2) is 7.52. The van der Waals surface area contributed by atoms with Crippen molar-refractivity contribution in [3.63, 3.8) is 0 Å². The fraction of sp³-hybridized carbons (Fsp3) is 0.667. The minimum absolute atomic E-state index is 0.174. The molecule has 2 unspecified atom stereocenters. The Hall–Kier alpha value is -0.710. The summed E-state index contributed by atoms with van der Waals surface area (Å²) in [7, 11) is 0. The summed E-state index contributed by atoms with van der Waals surface area (Å²) in [5.74, 6) is 1.49. The molecular weight excluding hydrogens is 309 g/mol. The highest BCUT2D eigenvalue weighted by Gasteiger charge is 2.28. The molecule has 4 nitrogen and oxygen atoms in total. The summed E-state index contributed by atoms with van der Waals surface area (Å²) in [5, 5.41) is 4.41. The molecule has 0 bridgehead atoms. The molecule has 0 aromatic carbocycles. The van der Waals surface area contributed by atoms with E-state index in [1.54, 1.807) is 6.07 Å². The van der Waals surface area contributed by atoms with Gasteiger partial charge in [-0.05, 0) is 25.8 Å². The van der Waals surface area contributed by atoms with Crippen LogP contribution in [0.25, 0.3) is 0 Å². The fourth-order valence-corrected chi connectivity index (χ4v) is 3.00. The molecule has 0 saturated carbocycles. The van der Waals surface area contributed by atoms with E-state index in [-0.39, 0.29) is 6.10 Å². The van der Waals surface area contributed by atoms with Crippen LogP contribution in [0, 0.1) is 0 Å². The number of rotatable bonds is 5. The SMILES string of the molecule is CCCNc1nc(N2CC(C)OCC2CC)c(Cl)cc1Cl. The first-order valence-corrected chi connectivity index (χ1v) is 8.30. The van der Waals surface area contributed by atoms with Crippen LogP contribution in [0.15, 0.2) is 6.07 Å². The monoisotopic (exact) mass is 331 g/mol. The maximum Gasteiger partial charge on any atom is 0.150 e. The Morgan fingerprint density at radius 1 is 1.38 bits per heavy atom. The van der Waals surface area contributed by atoms with Gasteiger partial charge < -0.3 is 15.0 Å². The average molecular weight is 332 g/mol. The van der Waals surface area contributed by atoms with Gasteiger partial charge in [-0.25, -0.2) is 4.98 Å². The quantitative estimate of drug-likeness (QED) is 0.876. The molecule has 2 heterocycles. The molecular formula is C15H23Cl2N3O. The molecule has 1 aromatic heterocycles. The van der Waals surface area contributed by atoms with Gasteiger partial charge >= 0.3 is 0 Å². The van der Waals surface area contributed by atoms with E-state index in [2.05, 4.69) is 36.0 Å². The van der Waals surface area contributed by atoms with Crippen LogP contribution in [0.5, 0.6) is 0 Å². The summed E-state index contributed by atoms with van der Waals surface area (Å²) in [4.78, 5) is 6.90. The first kappa shape index (κ1) is 16.7. The topological polar surface area (TPSA) is 37.4 Å². The van der Waals surface area contributed by atoms with Crippen molar-refractivity contribution in [3.05, 3.63) is 16.1 Å². The number of morpholine rings is 1. The van der Waals surface area contributed by atoms with Crippen LogP contribution in [0.4, 0.5) is 11.6 Å². The van der Waals surface area contributed by atoms with Crippen molar-refractivity contribution in [2.75, 3.05) is 29.9 Å². The number of pyridine rings is 1. The summed E-state index contributed by atoms with van der Waals surface area (Å²) in [6.07, 6.45) is 2.18. The molecule has 6 heteroatoms. The predicted octanol–water partition coefficient (Wildman–Crippen LogP) is 4.21. The molecule has 1 aliphatic rings.